The highest BCUT2D eigenvalue weighted by atomic mass is 36.0. The minimum absolute atomic E-state index is 0.840. The van der Waals surface area contributed by atoms with E-state index < -0.39 is 16.5 Å². The lowest BCUT2D eigenvalue weighted by molar-refractivity contribution is 0.620. The molecule has 0 spiro atoms. The summed E-state index contributed by atoms with van der Waals surface area (Å²) in [7, 11) is 9.63. The summed E-state index contributed by atoms with van der Waals surface area (Å²) in [5.74, 6) is 0. The van der Waals surface area contributed by atoms with Crippen LogP contribution in [-0.4, -0.2) is 16.8 Å². The van der Waals surface area contributed by atoms with Gasteiger partial charge >= 0.3 is 16.5 Å². The molecule has 0 atom stereocenters. The summed E-state index contributed by atoms with van der Waals surface area (Å²) in [6.45, 7) is 10.6. The molecule has 0 fully saturated rings. The first-order valence-electron chi connectivity index (χ1n) is 7.45. The van der Waals surface area contributed by atoms with Gasteiger partial charge in [-0.05, 0) is 68.5 Å². The predicted octanol–water partition coefficient (Wildman–Crippen LogP) is 6.99. The molecule has 0 unspecified atom stereocenters. The molecule has 0 radical (unpaired) electrons. The third-order valence-corrected chi connectivity index (χ3v) is 3.61. The van der Waals surface area contributed by atoms with Crippen molar-refractivity contribution in [1.82, 2.24) is 0 Å². The van der Waals surface area contributed by atoms with E-state index in [9.17, 15) is 0 Å². The molecule has 0 aromatic heterocycles. The van der Waals surface area contributed by atoms with E-state index in [1.165, 1.54) is 22.3 Å². The summed E-state index contributed by atoms with van der Waals surface area (Å²) >= 11 is 5.71. The Morgan fingerprint density at radius 2 is 0.821 bits per heavy atom. The Labute approximate surface area is 190 Å². The average molecular weight is 531 g/mol. The smallest absolute Gasteiger partial charge is 0.195 e. The van der Waals surface area contributed by atoms with Crippen molar-refractivity contribution in [2.75, 3.05) is 0 Å². The summed E-state index contributed by atoms with van der Waals surface area (Å²) in [6.07, 6.45) is 0. The van der Waals surface area contributed by atoms with Crippen molar-refractivity contribution in [3.05, 3.63) is 69.2 Å². The summed E-state index contributed by atoms with van der Waals surface area (Å²) in [4.78, 5) is 0. The fourth-order valence-corrected chi connectivity index (χ4v) is 1.79. The Hall–Kier alpha value is -0.210. The second kappa shape index (κ2) is 13.9. The van der Waals surface area contributed by atoms with Crippen LogP contribution in [0.1, 0.15) is 27.8 Å². The van der Waals surface area contributed by atoms with Crippen LogP contribution in [0.3, 0.4) is 0 Å². The highest BCUT2D eigenvalue weighted by Gasteiger charge is 1.95. The van der Waals surface area contributed by atoms with Gasteiger partial charge in [0.2, 0.25) is 0 Å². The number of halogens is 5. The van der Waals surface area contributed by atoms with Crippen LogP contribution in [0.5, 0.6) is 0 Å². The lowest BCUT2D eigenvalue weighted by Gasteiger charge is -2.04. The van der Waals surface area contributed by atoms with Crippen LogP contribution in [0.2, 0.25) is 5.02 Å². The highest BCUT2D eigenvalue weighted by Crippen LogP contribution is 2.13. The van der Waals surface area contributed by atoms with Gasteiger partial charge in [-0.25, -0.2) is 0 Å². The molecule has 2 aromatic rings. The van der Waals surface area contributed by atoms with Gasteiger partial charge in [0.25, 0.3) is 0 Å². The standard InChI is InChI=1S/C10H14.C7H7Cl.2Cl2O2S/c1-7-5-9(3)10(4)6-8(7)2;1-6-4-2-3-5-7(6)8;2*1-5(2,3)4/h5-6H,1-4H3;2-5H,1H3;;. The van der Waals surface area contributed by atoms with Crippen molar-refractivity contribution in [2.45, 2.75) is 34.6 Å². The Morgan fingerprint density at radius 3 is 1.00 bits per heavy atom. The van der Waals surface area contributed by atoms with Gasteiger partial charge in [-0.3, -0.25) is 0 Å². The SMILES string of the molecule is Cc1cc(C)c(C)cc1C.Cc1ccccc1Cl.O=S(=O)(Cl)Cl.O=S(=O)(Cl)Cl. The zero-order valence-corrected chi connectivity index (χ0v) is 21.2. The lowest BCUT2D eigenvalue weighted by atomic mass is 10.0. The van der Waals surface area contributed by atoms with Crippen LogP contribution >= 0.6 is 54.3 Å². The second-order valence-corrected chi connectivity index (χ2v) is 13.3. The monoisotopic (exact) mass is 528 g/mol. The minimum Gasteiger partial charge on any atom is -0.195 e. The van der Waals surface area contributed by atoms with Crippen LogP contribution < -0.4 is 0 Å². The molecule has 0 N–H and O–H groups in total. The Bertz CT molecular complexity index is 842. The molecule has 0 aliphatic rings. The first-order valence-corrected chi connectivity index (χ1v) is 14.1. The topological polar surface area (TPSA) is 68.3 Å². The first-order chi connectivity index (χ1) is 12.4. The molecule has 0 heterocycles. The zero-order valence-electron chi connectivity index (χ0n) is 15.8. The molecule has 0 saturated carbocycles. The van der Waals surface area contributed by atoms with E-state index in [0.717, 1.165) is 10.6 Å². The van der Waals surface area contributed by atoms with Gasteiger partial charge < -0.3 is 0 Å². The van der Waals surface area contributed by atoms with Crippen molar-refractivity contribution in [2.24, 2.45) is 0 Å². The summed E-state index contributed by atoms with van der Waals surface area (Å²) < 4.78 is 36.7. The highest BCUT2D eigenvalue weighted by molar-refractivity contribution is 8.31. The quantitative estimate of drug-likeness (QED) is 0.344. The van der Waals surface area contributed by atoms with Gasteiger partial charge in [-0.1, -0.05) is 41.9 Å². The van der Waals surface area contributed by atoms with Crippen molar-refractivity contribution >= 4 is 70.9 Å². The van der Waals surface area contributed by atoms with Crippen LogP contribution in [0.4, 0.5) is 0 Å². The summed E-state index contributed by atoms with van der Waals surface area (Å²) in [6, 6.07) is 12.3. The molecule has 0 aliphatic heterocycles. The molecule has 0 aliphatic carbocycles. The predicted molar refractivity (Wildman–Crippen MR) is 123 cm³/mol. The van der Waals surface area contributed by atoms with E-state index in [1.54, 1.807) is 0 Å². The summed E-state index contributed by atoms with van der Waals surface area (Å²) in [5, 5.41) is 0.840. The van der Waals surface area contributed by atoms with Crippen LogP contribution in [0.15, 0.2) is 36.4 Å². The van der Waals surface area contributed by atoms with Gasteiger partial charge in [-0.15, -0.1) is 0 Å². The molecule has 4 nitrogen and oxygen atoms in total. The zero-order chi connectivity index (χ0) is 22.7. The van der Waals surface area contributed by atoms with Gasteiger partial charge in [-0.2, -0.15) is 16.8 Å². The maximum atomic E-state index is 9.16. The van der Waals surface area contributed by atoms with E-state index in [2.05, 4.69) is 82.6 Å². The van der Waals surface area contributed by atoms with Gasteiger partial charge in [0, 0.05) is 47.8 Å². The fourth-order valence-electron chi connectivity index (χ4n) is 1.66. The molecule has 0 amide bonds. The van der Waals surface area contributed by atoms with Crippen LogP contribution in [0, 0.1) is 34.6 Å². The molecule has 0 bridgehead atoms. The van der Waals surface area contributed by atoms with E-state index in [0.29, 0.717) is 0 Å². The molecule has 2 aromatic carbocycles. The number of benzene rings is 2. The Kier molecular flexibility index (Phi) is 14.9. The van der Waals surface area contributed by atoms with Crippen LogP contribution in [0.25, 0.3) is 0 Å². The lowest BCUT2D eigenvalue weighted by Crippen LogP contribution is -1.86. The molecular weight excluding hydrogens is 510 g/mol. The molecule has 28 heavy (non-hydrogen) atoms. The normalized spacial score (nSPS) is 10.4. The molecule has 0 saturated heterocycles. The van der Waals surface area contributed by atoms with Gasteiger partial charge in [0.15, 0.2) is 0 Å². The molecular formula is C17H21Cl5O4S2. The van der Waals surface area contributed by atoms with Crippen molar-refractivity contribution < 1.29 is 16.8 Å². The van der Waals surface area contributed by atoms with E-state index in [-0.39, 0.29) is 0 Å². The number of hydrogen-bond acceptors (Lipinski definition) is 4. The average Bonchev–Trinajstić information content (AvgIpc) is 2.46. The molecule has 2 rings (SSSR count). The van der Waals surface area contributed by atoms with Crippen molar-refractivity contribution in [1.29, 1.82) is 0 Å². The van der Waals surface area contributed by atoms with Crippen LogP contribution in [-0.2, 0) is 16.5 Å². The largest absolute Gasteiger partial charge is 0.317 e. The minimum atomic E-state index is -3.72. The molecule has 160 valence electrons. The van der Waals surface area contributed by atoms with E-state index in [1.807, 2.05) is 31.2 Å². The van der Waals surface area contributed by atoms with Gasteiger partial charge in [0.1, 0.15) is 0 Å². The maximum Gasteiger partial charge on any atom is 0.317 e. The third kappa shape index (κ3) is 22.1. The van der Waals surface area contributed by atoms with E-state index in [4.69, 9.17) is 28.4 Å². The van der Waals surface area contributed by atoms with Crippen molar-refractivity contribution in [3.63, 3.8) is 0 Å². The first kappa shape index (κ1) is 30.0. The number of hydrogen-bond donors (Lipinski definition) is 0. The Balaban J connectivity index is 0. The second-order valence-electron chi connectivity index (χ2n) is 5.53. The van der Waals surface area contributed by atoms with Gasteiger partial charge in [0.05, 0.1) is 0 Å². The van der Waals surface area contributed by atoms with Crippen molar-refractivity contribution in [3.8, 4) is 0 Å². The molecule has 11 heteroatoms. The summed E-state index contributed by atoms with van der Waals surface area (Å²) in [5.41, 5.74) is 6.70. The Morgan fingerprint density at radius 1 is 0.571 bits per heavy atom. The van der Waals surface area contributed by atoms with E-state index >= 15 is 0 Å². The number of aryl methyl sites for hydroxylation is 5. The number of rotatable bonds is 0. The fraction of sp³-hybridized carbons (Fsp3) is 0.294. The maximum absolute atomic E-state index is 9.16. The third-order valence-electron chi connectivity index (χ3n) is 3.19.